The van der Waals surface area contributed by atoms with Gasteiger partial charge in [-0.2, -0.15) is 0 Å². The number of amides is 1. The van der Waals surface area contributed by atoms with Gasteiger partial charge in [0.2, 0.25) is 0 Å². The largest absolute Gasteiger partial charge is 0.425 e. The van der Waals surface area contributed by atoms with E-state index in [1.807, 2.05) is 78.5 Å². The molecule has 3 aromatic carbocycles. The molecule has 0 saturated carbocycles. The normalized spacial score (nSPS) is 32.1. The molecule has 32 heavy (non-hydrogen) atoms. The Morgan fingerprint density at radius 2 is 1.62 bits per heavy atom. The Bertz CT molecular complexity index is 1290. The van der Waals surface area contributed by atoms with Crippen LogP contribution in [0.25, 0.3) is 0 Å². The first kappa shape index (κ1) is 18.5. The maximum absolute atomic E-state index is 14.2. The molecule has 4 heterocycles. The van der Waals surface area contributed by atoms with Gasteiger partial charge in [-0.15, -0.1) is 11.8 Å². The van der Waals surface area contributed by atoms with E-state index in [0.717, 1.165) is 28.1 Å². The average molecular weight is 441 g/mol. The van der Waals surface area contributed by atoms with Crippen LogP contribution >= 0.6 is 11.8 Å². The molecule has 4 aliphatic rings. The zero-order valence-electron chi connectivity index (χ0n) is 17.2. The highest BCUT2D eigenvalue weighted by Gasteiger charge is 2.81. The molecular weight excluding hydrogens is 420 g/mol. The summed E-state index contributed by atoms with van der Waals surface area (Å²) in [4.78, 5) is 30.6. The molecule has 1 N–H and O–H groups in total. The monoisotopic (exact) mass is 440 g/mol. The van der Waals surface area contributed by atoms with Gasteiger partial charge in [0.1, 0.15) is 11.2 Å². The molecule has 0 aliphatic carbocycles. The van der Waals surface area contributed by atoms with Gasteiger partial charge in [0.15, 0.2) is 5.54 Å². The van der Waals surface area contributed by atoms with Gasteiger partial charge >= 0.3 is 5.97 Å². The minimum absolute atomic E-state index is 0.0259. The smallest absolute Gasteiger partial charge is 0.325 e. The van der Waals surface area contributed by atoms with E-state index in [0.29, 0.717) is 11.6 Å². The number of hydrogen-bond donors (Lipinski definition) is 1. The molecule has 5 nitrogen and oxygen atoms in total. The van der Waals surface area contributed by atoms with E-state index in [1.165, 1.54) is 0 Å². The summed E-state index contributed by atoms with van der Waals surface area (Å²) in [5.41, 5.74) is 1.18. The lowest BCUT2D eigenvalue weighted by Crippen LogP contribution is -2.61. The van der Waals surface area contributed by atoms with Crippen molar-refractivity contribution in [1.29, 1.82) is 0 Å². The number of fused-ring (bicyclic) bond motifs is 7. The molecule has 1 amide bonds. The Morgan fingerprint density at radius 3 is 2.47 bits per heavy atom. The zero-order valence-corrected chi connectivity index (χ0v) is 18.0. The van der Waals surface area contributed by atoms with Crippen molar-refractivity contribution in [1.82, 2.24) is 4.90 Å². The Labute approximate surface area is 189 Å². The maximum atomic E-state index is 14.2. The Kier molecular flexibility index (Phi) is 3.60. The highest BCUT2D eigenvalue weighted by Crippen LogP contribution is 2.70. The molecule has 7 rings (SSSR count). The van der Waals surface area contributed by atoms with E-state index in [4.69, 9.17) is 4.74 Å². The number of benzene rings is 3. The molecule has 2 fully saturated rings. The Hall–Kier alpha value is -3.09. The van der Waals surface area contributed by atoms with Crippen LogP contribution in [0, 0.1) is 0 Å². The number of ether oxygens (including phenoxy) is 1. The number of para-hydroxylation sites is 2. The van der Waals surface area contributed by atoms with E-state index >= 15 is 0 Å². The summed E-state index contributed by atoms with van der Waals surface area (Å²) >= 11 is 1.82. The zero-order chi connectivity index (χ0) is 21.5. The second-order valence-corrected chi connectivity index (χ2v) is 9.83. The SMILES string of the molecule is O=C1Oc2ccccc2[C@@]12[C@H](c1ccccc1)[C@H]1CSCN1[C@]21C(=O)Nc2ccccc21. The molecule has 6 heteroatoms. The van der Waals surface area contributed by atoms with Crippen LogP contribution in [0.15, 0.2) is 78.9 Å². The van der Waals surface area contributed by atoms with Crippen molar-refractivity contribution in [2.24, 2.45) is 0 Å². The summed E-state index contributed by atoms with van der Waals surface area (Å²) < 4.78 is 5.96. The number of thioether (sulfide) groups is 1. The van der Waals surface area contributed by atoms with E-state index in [-0.39, 0.29) is 23.8 Å². The van der Waals surface area contributed by atoms with Crippen molar-refractivity contribution >= 4 is 29.3 Å². The fourth-order valence-corrected chi connectivity index (χ4v) is 7.98. The van der Waals surface area contributed by atoms with E-state index in [2.05, 4.69) is 22.3 Å². The van der Waals surface area contributed by atoms with Gasteiger partial charge in [0.05, 0.1) is 0 Å². The summed E-state index contributed by atoms with van der Waals surface area (Å²) in [5, 5.41) is 3.12. The van der Waals surface area contributed by atoms with Gasteiger partial charge < -0.3 is 10.1 Å². The number of nitrogens with zero attached hydrogens (tertiary/aromatic N) is 1. The molecule has 0 unspecified atom stereocenters. The highest BCUT2D eigenvalue weighted by molar-refractivity contribution is 7.99. The van der Waals surface area contributed by atoms with E-state index in [9.17, 15) is 9.59 Å². The van der Waals surface area contributed by atoms with Crippen LogP contribution < -0.4 is 10.1 Å². The topological polar surface area (TPSA) is 58.6 Å². The molecule has 2 spiro atoms. The van der Waals surface area contributed by atoms with Crippen molar-refractivity contribution in [2.75, 3.05) is 16.9 Å². The van der Waals surface area contributed by atoms with Crippen LogP contribution in [0.5, 0.6) is 5.75 Å². The summed E-state index contributed by atoms with van der Waals surface area (Å²) in [5.74, 6) is 1.41. The maximum Gasteiger partial charge on any atom is 0.325 e. The van der Waals surface area contributed by atoms with Crippen molar-refractivity contribution < 1.29 is 14.3 Å². The third-order valence-electron chi connectivity index (χ3n) is 7.66. The first-order chi connectivity index (χ1) is 15.7. The van der Waals surface area contributed by atoms with Gasteiger partial charge in [0, 0.05) is 40.4 Å². The Balaban J connectivity index is 1.65. The van der Waals surface area contributed by atoms with Crippen molar-refractivity contribution in [3.05, 3.63) is 95.6 Å². The second kappa shape index (κ2) is 6.24. The van der Waals surface area contributed by atoms with Crippen LogP contribution in [-0.2, 0) is 20.5 Å². The number of carbonyl (C=O) groups excluding carboxylic acids is 2. The van der Waals surface area contributed by atoms with Gasteiger partial charge in [0.25, 0.3) is 5.91 Å². The standard InChI is InChI=1S/C26H20N2O3S/c29-23-26(17-10-4-6-12-19(17)27-23)25(18-11-5-7-13-21(18)31-24(25)30)22(16-8-2-1-3-9-16)20-14-32-15-28(20)26/h1-13,20,22H,14-15H2,(H,27,29)/t20-,22-,25-,26-/m1/s1. The van der Waals surface area contributed by atoms with Crippen LogP contribution in [0.2, 0.25) is 0 Å². The first-order valence-corrected chi connectivity index (χ1v) is 12.0. The van der Waals surface area contributed by atoms with E-state index < -0.39 is 11.0 Å². The quantitative estimate of drug-likeness (QED) is 0.460. The molecule has 4 atom stereocenters. The number of esters is 1. The summed E-state index contributed by atoms with van der Waals surface area (Å²) in [6.07, 6.45) is 0. The molecule has 2 saturated heterocycles. The number of nitrogens with one attached hydrogen (secondary N) is 1. The molecular formula is C26H20N2O3S. The summed E-state index contributed by atoms with van der Waals surface area (Å²) in [6.45, 7) is 0. The fourth-order valence-electron chi connectivity index (χ4n) is 6.68. The predicted molar refractivity (Wildman–Crippen MR) is 123 cm³/mol. The number of carbonyl (C=O) groups is 2. The molecule has 4 aliphatic heterocycles. The third-order valence-corrected chi connectivity index (χ3v) is 8.70. The van der Waals surface area contributed by atoms with Crippen molar-refractivity contribution in [3.63, 3.8) is 0 Å². The Morgan fingerprint density at radius 1 is 0.906 bits per heavy atom. The molecule has 3 aromatic rings. The van der Waals surface area contributed by atoms with Crippen LogP contribution in [0.1, 0.15) is 22.6 Å². The minimum atomic E-state index is -1.17. The number of anilines is 1. The van der Waals surface area contributed by atoms with Crippen LogP contribution in [0.4, 0.5) is 5.69 Å². The lowest BCUT2D eigenvalue weighted by atomic mass is 9.57. The third kappa shape index (κ3) is 1.88. The number of hydrogen-bond acceptors (Lipinski definition) is 5. The molecule has 0 bridgehead atoms. The highest BCUT2D eigenvalue weighted by atomic mass is 32.2. The summed E-state index contributed by atoms with van der Waals surface area (Å²) in [7, 11) is 0. The lowest BCUT2D eigenvalue weighted by molar-refractivity contribution is -0.147. The van der Waals surface area contributed by atoms with Gasteiger partial charge in [-0.1, -0.05) is 66.7 Å². The minimum Gasteiger partial charge on any atom is -0.425 e. The summed E-state index contributed by atoms with van der Waals surface area (Å²) in [6, 6.07) is 25.6. The number of rotatable bonds is 1. The average Bonchev–Trinajstić information content (AvgIpc) is 3.53. The van der Waals surface area contributed by atoms with Crippen molar-refractivity contribution in [3.8, 4) is 5.75 Å². The van der Waals surface area contributed by atoms with Gasteiger partial charge in [-0.05, 0) is 17.7 Å². The van der Waals surface area contributed by atoms with Gasteiger partial charge in [-0.25, -0.2) is 0 Å². The second-order valence-electron chi connectivity index (χ2n) is 8.83. The molecule has 0 radical (unpaired) electrons. The molecule has 0 aromatic heterocycles. The lowest BCUT2D eigenvalue weighted by Gasteiger charge is -2.42. The fraction of sp³-hybridized carbons (Fsp3) is 0.231. The first-order valence-electron chi connectivity index (χ1n) is 10.8. The predicted octanol–water partition coefficient (Wildman–Crippen LogP) is 3.86. The van der Waals surface area contributed by atoms with Crippen LogP contribution in [0.3, 0.4) is 0 Å². The van der Waals surface area contributed by atoms with Gasteiger partial charge in [-0.3, -0.25) is 14.5 Å². The molecule has 158 valence electrons. The van der Waals surface area contributed by atoms with Crippen LogP contribution in [-0.4, -0.2) is 34.4 Å². The van der Waals surface area contributed by atoms with Crippen molar-refractivity contribution in [2.45, 2.75) is 22.9 Å². The van der Waals surface area contributed by atoms with E-state index in [1.54, 1.807) is 0 Å².